The van der Waals surface area contributed by atoms with Gasteiger partial charge in [0.2, 0.25) is 0 Å². The van der Waals surface area contributed by atoms with E-state index in [1.165, 1.54) is 0 Å². The minimum absolute atomic E-state index is 0.236. The second-order valence-electron chi connectivity index (χ2n) is 4.95. The molecule has 5 heteroatoms. The van der Waals surface area contributed by atoms with E-state index in [0.717, 1.165) is 26.8 Å². The van der Waals surface area contributed by atoms with Crippen LogP contribution in [0.1, 0.15) is 16.1 Å². The van der Waals surface area contributed by atoms with Crippen LogP contribution in [-0.4, -0.2) is 16.1 Å². The van der Waals surface area contributed by atoms with E-state index in [0.29, 0.717) is 5.69 Å². The Balaban J connectivity index is 2.15. The quantitative estimate of drug-likeness (QED) is 0.710. The summed E-state index contributed by atoms with van der Waals surface area (Å²) in [6, 6.07) is 14.6. The maximum Gasteiger partial charge on any atom is 0.337 e. The summed E-state index contributed by atoms with van der Waals surface area (Å²) in [6.07, 6.45) is 0. The molecule has 0 saturated heterocycles. The summed E-state index contributed by atoms with van der Waals surface area (Å²) in [5, 5.41) is 13.4. The number of fused-ring (bicyclic) bond motifs is 1. The molecule has 0 aliphatic rings. The summed E-state index contributed by atoms with van der Waals surface area (Å²) in [7, 11) is 0. The van der Waals surface area contributed by atoms with Crippen molar-refractivity contribution in [3.8, 4) is 0 Å². The lowest BCUT2D eigenvalue weighted by Crippen LogP contribution is -2.03. The van der Waals surface area contributed by atoms with Crippen molar-refractivity contribution in [3.05, 3.63) is 64.3 Å². The van der Waals surface area contributed by atoms with Crippen LogP contribution < -0.4 is 5.32 Å². The maximum absolute atomic E-state index is 11.3. The lowest BCUT2D eigenvalue weighted by molar-refractivity contribution is 0.0698. The van der Waals surface area contributed by atoms with Gasteiger partial charge in [-0.1, -0.05) is 28.1 Å². The zero-order chi connectivity index (χ0) is 15.7. The Bertz CT molecular complexity index is 878. The molecule has 2 N–H and O–H groups in total. The molecular formula is C17H13BrN2O2. The van der Waals surface area contributed by atoms with E-state index in [2.05, 4.69) is 26.2 Å². The monoisotopic (exact) mass is 356 g/mol. The fourth-order valence-electron chi connectivity index (χ4n) is 2.36. The molecule has 0 atom stereocenters. The molecule has 4 nitrogen and oxygen atoms in total. The van der Waals surface area contributed by atoms with Gasteiger partial charge in [0, 0.05) is 21.2 Å². The standard InChI is InChI=1S/C17H13BrN2O2/c1-10-8-16(13-9-11(18)6-7-15(13)19-10)20-14-5-3-2-4-12(14)17(21)22/h2-9H,1H3,(H,19,20)(H,21,22). The molecule has 3 rings (SSSR count). The number of aryl methyl sites for hydroxylation is 1. The highest BCUT2D eigenvalue weighted by atomic mass is 79.9. The fourth-order valence-corrected chi connectivity index (χ4v) is 2.72. The van der Waals surface area contributed by atoms with Crippen LogP contribution in [0, 0.1) is 6.92 Å². The van der Waals surface area contributed by atoms with E-state index < -0.39 is 5.97 Å². The number of aromatic nitrogens is 1. The summed E-state index contributed by atoms with van der Waals surface area (Å²) in [5.41, 5.74) is 3.35. The first-order valence-corrected chi connectivity index (χ1v) is 7.50. The molecule has 0 amide bonds. The Labute approximate surface area is 135 Å². The van der Waals surface area contributed by atoms with Crippen molar-refractivity contribution in [2.75, 3.05) is 5.32 Å². The van der Waals surface area contributed by atoms with E-state index >= 15 is 0 Å². The number of pyridine rings is 1. The molecule has 1 heterocycles. The van der Waals surface area contributed by atoms with Gasteiger partial charge in [-0.05, 0) is 43.3 Å². The van der Waals surface area contributed by atoms with Crippen LogP contribution in [0.5, 0.6) is 0 Å². The normalized spacial score (nSPS) is 10.6. The van der Waals surface area contributed by atoms with Crippen molar-refractivity contribution in [2.24, 2.45) is 0 Å². The van der Waals surface area contributed by atoms with Crippen LogP contribution in [-0.2, 0) is 0 Å². The van der Waals surface area contributed by atoms with Crippen LogP contribution in [0.3, 0.4) is 0 Å². The number of carboxylic acids is 1. The molecule has 0 spiro atoms. The number of nitrogens with one attached hydrogen (secondary N) is 1. The highest BCUT2D eigenvalue weighted by molar-refractivity contribution is 9.10. The van der Waals surface area contributed by atoms with Crippen molar-refractivity contribution in [1.82, 2.24) is 4.98 Å². The first-order chi connectivity index (χ1) is 10.5. The first-order valence-electron chi connectivity index (χ1n) is 6.71. The minimum atomic E-state index is -0.959. The molecule has 110 valence electrons. The van der Waals surface area contributed by atoms with Crippen molar-refractivity contribution >= 4 is 44.2 Å². The number of hydrogen-bond donors (Lipinski definition) is 2. The number of nitrogens with zero attached hydrogens (tertiary/aromatic N) is 1. The minimum Gasteiger partial charge on any atom is -0.478 e. The first kappa shape index (κ1) is 14.5. The van der Waals surface area contributed by atoms with Crippen LogP contribution in [0.2, 0.25) is 0 Å². The summed E-state index contributed by atoms with van der Waals surface area (Å²) in [5.74, 6) is -0.959. The Morgan fingerprint density at radius 1 is 1.14 bits per heavy atom. The van der Waals surface area contributed by atoms with E-state index in [9.17, 15) is 9.90 Å². The molecule has 0 bridgehead atoms. The third kappa shape index (κ3) is 2.80. The van der Waals surface area contributed by atoms with Crippen LogP contribution >= 0.6 is 15.9 Å². The summed E-state index contributed by atoms with van der Waals surface area (Å²) in [6.45, 7) is 1.91. The molecular weight excluding hydrogens is 344 g/mol. The van der Waals surface area contributed by atoms with E-state index in [1.807, 2.05) is 31.2 Å². The Hall–Kier alpha value is -2.40. The van der Waals surface area contributed by atoms with E-state index in [4.69, 9.17) is 0 Å². The molecule has 0 radical (unpaired) electrons. The third-order valence-corrected chi connectivity index (χ3v) is 3.82. The number of aromatic carboxylic acids is 1. The Morgan fingerprint density at radius 3 is 2.68 bits per heavy atom. The number of carboxylic acid groups (broad SMARTS) is 1. The highest BCUT2D eigenvalue weighted by Crippen LogP contribution is 2.30. The number of benzene rings is 2. The predicted octanol–water partition coefficient (Wildman–Crippen LogP) is 4.75. The predicted molar refractivity (Wildman–Crippen MR) is 90.9 cm³/mol. The van der Waals surface area contributed by atoms with Gasteiger partial charge in [0.05, 0.1) is 16.8 Å². The van der Waals surface area contributed by atoms with Gasteiger partial charge >= 0.3 is 5.97 Å². The number of rotatable bonds is 3. The van der Waals surface area contributed by atoms with Gasteiger partial charge in [-0.15, -0.1) is 0 Å². The van der Waals surface area contributed by atoms with E-state index in [1.54, 1.807) is 24.3 Å². The largest absolute Gasteiger partial charge is 0.478 e. The van der Waals surface area contributed by atoms with Crippen LogP contribution in [0.25, 0.3) is 10.9 Å². The topological polar surface area (TPSA) is 62.2 Å². The van der Waals surface area contributed by atoms with Crippen molar-refractivity contribution < 1.29 is 9.90 Å². The van der Waals surface area contributed by atoms with Gasteiger partial charge in [0.1, 0.15) is 0 Å². The number of hydrogen-bond acceptors (Lipinski definition) is 3. The van der Waals surface area contributed by atoms with E-state index in [-0.39, 0.29) is 5.56 Å². The van der Waals surface area contributed by atoms with Crippen LogP contribution in [0.4, 0.5) is 11.4 Å². The molecule has 3 aromatic rings. The molecule has 0 aliphatic carbocycles. The van der Waals surface area contributed by atoms with Crippen LogP contribution in [0.15, 0.2) is 53.0 Å². The number of para-hydroxylation sites is 1. The van der Waals surface area contributed by atoms with Gasteiger partial charge in [-0.2, -0.15) is 0 Å². The zero-order valence-electron chi connectivity index (χ0n) is 11.8. The molecule has 0 fully saturated rings. The smallest absolute Gasteiger partial charge is 0.337 e. The average Bonchev–Trinajstić information content (AvgIpc) is 2.48. The average molecular weight is 357 g/mol. The summed E-state index contributed by atoms with van der Waals surface area (Å²) >= 11 is 3.46. The number of halogens is 1. The van der Waals surface area contributed by atoms with Gasteiger partial charge in [0.25, 0.3) is 0 Å². The molecule has 0 unspecified atom stereocenters. The van der Waals surface area contributed by atoms with Gasteiger partial charge in [-0.25, -0.2) is 4.79 Å². The molecule has 2 aromatic carbocycles. The summed E-state index contributed by atoms with van der Waals surface area (Å²) < 4.78 is 0.945. The molecule has 0 saturated carbocycles. The summed E-state index contributed by atoms with van der Waals surface area (Å²) in [4.78, 5) is 15.8. The molecule has 0 aliphatic heterocycles. The van der Waals surface area contributed by atoms with Gasteiger partial charge in [-0.3, -0.25) is 4.98 Å². The van der Waals surface area contributed by atoms with Crippen molar-refractivity contribution in [1.29, 1.82) is 0 Å². The highest BCUT2D eigenvalue weighted by Gasteiger charge is 2.11. The second kappa shape index (κ2) is 5.77. The van der Waals surface area contributed by atoms with Gasteiger partial charge in [0.15, 0.2) is 0 Å². The SMILES string of the molecule is Cc1cc(Nc2ccccc2C(=O)O)c2cc(Br)ccc2n1. The maximum atomic E-state index is 11.3. The Kier molecular flexibility index (Phi) is 3.81. The second-order valence-corrected chi connectivity index (χ2v) is 5.86. The number of carbonyl (C=O) groups is 1. The fraction of sp³-hybridized carbons (Fsp3) is 0.0588. The lowest BCUT2D eigenvalue weighted by Gasteiger charge is -2.13. The zero-order valence-corrected chi connectivity index (χ0v) is 13.4. The third-order valence-electron chi connectivity index (χ3n) is 3.33. The van der Waals surface area contributed by atoms with Crippen molar-refractivity contribution in [2.45, 2.75) is 6.92 Å². The lowest BCUT2D eigenvalue weighted by atomic mass is 10.1. The number of anilines is 2. The van der Waals surface area contributed by atoms with Crippen molar-refractivity contribution in [3.63, 3.8) is 0 Å². The Morgan fingerprint density at radius 2 is 1.91 bits per heavy atom. The molecule has 22 heavy (non-hydrogen) atoms. The molecule has 1 aromatic heterocycles. The van der Waals surface area contributed by atoms with Gasteiger partial charge < -0.3 is 10.4 Å².